The van der Waals surface area contributed by atoms with Gasteiger partial charge in [0, 0.05) is 12.4 Å². The van der Waals surface area contributed by atoms with Gasteiger partial charge >= 0.3 is 0 Å². The molecular weight excluding hydrogens is 194 g/mol. The molecule has 0 saturated carbocycles. The molecule has 1 nitrogen and oxygen atoms in total. The first-order valence-corrected chi connectivity index (χ1v) is 6.28. The minimum Gasteiger partial charge on any atom is -0.300 e. The van der Waals surface area contributed by atoms with Crippen molar-refractivity contribution in [2.45, 2.75) is 39.5 Å². The molecule has 0 amide bonds. The molecule has 0 bridgehead atoms. The fourth-order valence-electron chi connectivity index (χ4n) is 1.16. The Morgan fingerprint density at radius 2 is 2.00 bits per heavy atom. The maximum absolute atomic E-state index is 5.38. The van der Waals surface area contributed by atoms with Crippen LogP contribution in [0.25, 0.3) is 0 Å². The summed E-state index contributed by atoms with van der Waals surface area (Å²) >= 11 is 5.38. The van der Waals surface area contributed by atoms with Crippen LogP contribution in [0.1, 0.15) is 39.5 Å². The van der Waals surface area contributed by atoms with Crippen molar-refractivity contribution in [3.05, 3.63) is 12.2 Å². The smallest absolute Gasteiger partial charge is 0.0223 e. The van der Waals surface area contributed by atoms with Crippen LogP contribution in [-0.4, -0.2) is 30.4 Å². The Bertz CT molecular complexity index is 126. The van der Waals surface area contributed by atoms with Gasteiger partial charge in [0.2, 0.25) is 0 Å². The molecule has 0 N–H and O–H groups in total. The van der Waals surface area contributed by atoms with E-state index in [1.54, 1.807) is 0 Å². The highest BCUT2D eigenvalue weighted by Crippen LogP contribution is 2.03. The largest absolute Gasteiger partial charge is 0.300 e. The van der Waals surface area contributed by atoms with E-state index in [1.807, 2.05) is 0 Å². The van der Waals surface area contributed by atoms with E-state index in [-0.39, 0.29) is 0 Å². The van der Waals surface area contributed by atoms with E-state index in [1.165, 1.54) is 38.8 Å². The van der Waals surface area contributed by atoms with Crippen molar-refractivity contribution in [2.24, 2.45) is 0 Å². The molecule has 0 unspecified atom stereocenters. The van der Waals surface area contributed by atoms with Gasteiger partial charge in [-0.3, -0.25) is 4.90 Å². The molecule has 1 heterocycles. The van der Waals surface area contributed by atoms with E-state index in [9.17, 15) is 0 Å². The van der Waals surface area contributed by atoms with E-state index in [4.69, 9.17) is 11.6 Å². The van der Waals surface area contributed by atoms with Crippen LogP contribution in [0.4, 0.5) is 0 Å². The number of hydrogen-bond acceptors (Lipinski definition) is 1. The molecular formula is C12H24ClN. The van der Waals surface area contributed by atoms with Gasteiger partial charge in [-0.05, 0) is 32.9 Å². The quantitative estimate of drug-likeness (QED) is 0.386. The van der Waals surface area contributed by atoms with Crippen LogP contribution in [0.3, 0.4) is 0 Å². The molecule has 0 aromatic carbocycles. The average Bonchev–Trinajstić information content (AvgIpc) is 2.14. The molecule has 0 radical (unpaired) electrons. The number of hydrogen-bond donors (Lipinski definition) is 0. The Labute approximate surface area is 94.1 Å². The van der Waals surface area contributed by atoms with E-state index >= 15 is 0 Å². The zero-order valence-corrected chi connectivity index (χ0v) is 10.4. The van der Waals surface area contributed by atoms with Crippen molar-refractivity contribution in [3.63, 3.8) is 0 Å². The summed E-state index contributed by atoms with van der Waals surface area (Å²) in [5.41, 5.74) is 0. The lowest BCUT2D eigenvalue weighted by Crippen LogP contribution is -2.36. The van der Waals surface area contributed by atoms with Gasteiger partial charge in [-0.1, -0.05) is 31.9 Å². The van der Waals surface area contributed by atoms with Crippen LogP contribution in [0, 0.1) is 0 Å². The van der Waals surface area contributed by atoms with Crippen molar-refractivity contribution < 1.29 is 0 Å². The Kier molecular flexibility index (Phi) is 11.1. The topological polar surface area (TPSA) is 3.24 Å². The molecule has 14 heavy (non-hydrogen) atoms. The number of unbranched alkanes of at least 4 members (excludes halogenated alkanes) is 2. The average molecular weight is 218 g/mol. The van der Waals surface area contributed by atoms with Crippen molar-refractivity contribution in [1.29, 1.82) is 0 Å². The first-order chi connectivity index (χ1) is 6.85. The van der Waals surface area contributed by atoms with Crippen LogP contribution < -0.4 is 0 Å². The first-order valence-electron chi connectivity index (χ1n) is 5.74. The molecule has 0 aromatic rings. The predicted molar refractivity (Wildman–Crippen MR) is 66.1 cm³/mol. The lowest BCUT2D eigenvalue weighted by Gasteiger charge is -2.29. The molecule has 0 aliphatic carbocycles. The van der Waals surface area contributed by atoms with Crippen LogP contribution in [0.15, 0.2) is 12.2 Å². The monoisotopic (exact) mass is 217 g/mol. The third-order valence-electron chi connectivity index (χ3n) is 2.29. The number of nitrogens with zero attached hydrogens (tertiary/aromatic N) is 1. The lowest BCUT2D eigenvalue weighted by molar-refractivity contribution is 0.203. The number of halogens is 1. The summed E-state index contributed by atoms with van der Waals surface area (Å²) in [6.07, 6.45) is 9.45. The van der Waals surface area contributed by atoms with Crippen molar-refractivity contribution in [2.75, 3.05) is 25.5 Å². The van der Waals surface area contributed by atoms with Crippen molar-refractivity contribution >= 4 is 11.6 Å². The van der Waals surface area contributed by atoms with Gasteiger partial charge in [-0.2, -0.15) is 0 Å². The molecule has 1 aliphatic heterocycles. The zero-order chi connectivity index (χ0) is 10.6. The van der Waals surface area contributed by atoms with Crippen molar-refractivity contribution in [1.82, 2.24) is 4.90 Å². The van der Waals surface area contributed by atoms with Crippen LogP contribution in [0.2, 0.25) is 0 Å². The maximum Gasteiger partial charge on any atom is 0.0223 e. The molecule has 1 fully saturated rings. The highest BCUT2D eigenvalue weighted by atomic mass is 35.5. The second-order valence-electron chi connectivity index (χ2n) is 3.62. The fraction of sp³-hybridized carbons (Fsp3) is 0.833. The highest BCUT2D eigenvalue weighted by Gasteiger charge is 2.09. The second-order valence-corrected chi connectivity index (χ2v) is 4.00. The Morgan fingerprint density at radius 3 is 2.29 bits per heavy atom. The summed E-state index contributed by atoms with van der Waals surface area (Å²) in [5.74, 6) is 0.827. The van der Waals surface area contributed by atoms with Crippen LogP contribution in [0.5, 0.6) is 0 Å². The lowest BCUT2D eigenvalue weighted by atomic mass is 10.2. The predicted octanol–water partition coefficient (Wildman–Crippen LogP) is 3.68. The van der Waals surface area contributed by atoms with Gasteiger partial charge in [0.05, 0.1) is 0 Å². The summed E-state index contributed by atoms with van der Waals surface area (Å²) in [4.78, 5) is 2.43. The number of allylic oxidation sites excluding steroid dienone is 1. The highest BCUT2D eigenvalue weighted by molar-refractivity contribution is 6.17. The molecule has 2 heteroatoms. The Hall–Kier alpha value is -0.0100. The first kappa shape index (κ1) is 14.0. The molecule has 0 aromatic heterocycles. The second kappa shape index (κ2) is 11.1. The van der Waals surface area contributed by atoms with Crippen molar-refractivity contribution in [3.8, 4) is 0 Å². The molecule has 0 atom stereocenters. The van der Waals surface area contributed by atoms with Gasteiger partial charge < -0.3 is 0 Å². The van der Waals surface area contributed by atoms with E-state index in [0.717, 1.165) is 12.4 Å². The van der Waals surface area contributed by atoms with Gasteiger partial charge in [-0.25, -0.2) is 0 Å². The molecule has 1 rings (SSSR count). The van der Waals surface area contributed by atoms with Crippen LogP contribution in [-0.2, 0) is 0 Å². The third-order valence-corrected chi connectivity index (χ3v) is 2.55. The summed E-state index contributed by atoms with van der Waals surface area (Å²) in [6.45, 7) is 8.03. The van der Waals surface area contributed by atoms with Gasteiger partial charge in [-0.15, -0.1) is 11.6 Å². The summed E-state index contributed by atoms with van der Waals surface area (Å²) in [7, 11) is 0. The molecule has 84 valence electrons. The van der Waals surface area contributed by atoms with Crippen LogP contribution >= 0.6 is 11.6 Å². The molecule has 1 aliphatic rings. The number of likely N-dealkylation sites (tertiary alicyclic amines) is 1. The van der Waals surface area contributed by atoms with E-state index in [2.05, 4.69) is 30.9 Å². The maximum atomic E-state index is 5.38. The van der Waals surface area contributed by atoms with Gasteiger partial charge in [0.15, 0.2) is 0 Å². The standard InChI is InChI=1S/C7H13N.C5H11Cl/c1-2-3-5-8-6-4-7-8;1-2-3-4-5-6/h2-3H,4-7H2,1H3;2-5H2,1H3/b3-2+;. The zero-order valence-electron chi connectivity index (χ0n) is 9.64. The minimum absolute atomic E-state index is 0.827. The normalized spacial score (nSPS) is 16.2. The summed E-state index contributed by atoms with van der Waals surface area (Å²) < 4.78 is 0. The Morgan fingerprint density at radius 1 is 1.29 bits per heavy atom. The van der Waals surface area contributed by atoms with Gasteiger partial charge in [0.25, 0.3) is 0 Å². The fourth-order valence-corrected chi connectivity index (χ4v) is 1.35. The SMILES string of the molecule is C/C=C/CN1CCC1.CCCCCCl. The van der Waals surface area contributed by atoms with E-state index in [0.29, 0.717) is 0 Å². The number of alkyl halides is 1. The molecule has 0 spiro atoms. The third kappa shape index (κ3) is 8.58. The number of rotatable bonds is 5. The summed E-state index contributed by atoms with van der Waals surface area (Å²) in [5, 5.41) is 0. The summed E-state index contributed by atoms with van der Waals surface area (Å²) in [6, 6.07) is 0. The molecule has 1 saturated heterocycles. The minimum atomic E-state index is 0.827. The Balaban J connectivity index is 0.000000255. The van der Waals surface area contributed by atoms with E-state index < -0.39 is 0 Å². The van der Waals surface area contributed by atoms with Gasteiger partial charge in [0.1, 0.15) is 0 Å².